The molecule has 27 heavy (non-hydrogen) atoms. The van der Waals surface area contributed by atoms with E-state index in [1.165, 1.54) is 0 Å². The molecule has 1 aromatic carbocycles. The number of hydrogen-bond acceptors (Lipinski definition) is 5. The van der Waals surface area contributed by atoms with Crippen LogP contribution in [0.4, 0.5) is 17.6 Å². The summed E-state index contributed by atoms with van der Waals surface area (Å²) in [5.74, 6) is -5.36. The van der Waals surface area contributed by atoms with Crippen LogP contribution in [0.3, 0.4) is 0 Å². The van der Waals surface area contributed by atoms with Gasteiger partial charge in [-0.2, -0.15) is 4.33 Å². The van der Waals surface area contributed by atoms with E-state index in [0.29, 0.717) is 17.8 Å². The zero-order chi connectivity index (χ0) is 19.3. The molecule has 4 saturated carbocycles. The summed E-state index contributed by atoms with van der Waals surface area (Å²) in [6, 6.07) is 0. The van der Waals surface area contributed by atoms with Crippen molar-refractivity contribution < 1.29 is 36.4 Å². The van der Waals surface area contributed by atoms with Gasteiger partial charge in [-0.3, -0.25) is 9.25 Å². The van der Waals surface area contributed by atoms with Crippen molar-refractivity contribution >= 4 is 22.8 Å². The van der Waals surface area contributed by atoms with Crippen molar-refractivity contribution in [3.63, 3.8) is 0 Å². The first kappa shape index (κ1) is 19.6. The maximum absolute atomic E-state index is 14.4. The Kier molecular flexibility index (Phi) is 5.30. The van der Waals surface area contributed by atoms with E-state index in [2.05, 4.69) is 9.37 Å². The van der Waals surface area contributed by atoms with Crippen molar-refractivity contribution in [1.82, 2.24) is 0 Å². The minimum Gasteiger partial charge on any atom is -0.691 e. The third kappa shape index (κ3) is 3.43. The monoisotopic (exact) mass is 425 g/mol. The van der Waals surface area contributed by atoms with Crippen molar-refractivity contribution in [3.8, 4) is 0 Å². The first-order valence-electron chi connectivity index (χ1n) is 8.71. The van der Waals surface area contributed by atoms with Crippen LogP contribution in [0.25, 0.3) is 0 Å². The molecule has 4 aliphatic carbocycles. The van der Waals surface area contributed by atoms with Gasteiger partial charge in [-0.25, -0.2) is 17.6 Å². The lowest BCUT2D eigenvalue weighted by Crippen LogP contribution is -2.48. The Morgan fingerprint density at radius 1 is 0.963 bits per heavy atom. The summed E-state index contributed by atoms with van der Waals surface area (Å²) in [5.41, 5.74) is -0.279. The molecule has 0 aromatic heterocycles. The van der Waals surface area contributed by atoms with E-state index >= 15 is 0 Å². The molecule has 4 aliphatic rings. The van der Waals surface area contributed by atoms with Crippen LogP contribution in [0.5, 0.6) is 0 Å². The van der Waals surface area contributed by atoms with Gasteiger partial charge in [0.2, 0.25) is 0 Å². The molecule has 0 radical (unpaired) electrons. The van der Waals surface area contributed by atoms with E-state index in [4.69, 9.17) is 0 Å². The molecular weight excluding hydrogens is 408 g/mol. The maximum atomic E-state index is 14.4. The van der Waals surface area contributed by atoms with Gasteiger partial charge in [0, 0.05) is 5.75 Å². The van der Waals surface area contributed by atoms with E-state index in [0.717, 1.165) is 38.5 Å². The summed E-state index contributed by atoms with van der Waals surface area (Å²) in [6.07, 6.45) is 5.98. The molecule has 4 bridgehead atoms. The van der Waals surface area contributed by atoms with Gasteiger partial charge in [-0.05, 0) is 61.7 Å². The van der Waals surface area contributed by atoms with Crippen LogP contribution in [-0.2, 0) is 20.2 Å². The second-order valence-electron chi connectivity index (χ2n) is 8.04. The van der Waals surface area contributed by atoms with E-state index < -0.39 is 43.9 Å². The normalized spacial score (nSPS) is 32.9. The van der Waals surface area contributed by atoms with Crippen LogP contribution in [0.1, 0.15) is 38.5 Å². The SMILES string of the molecule is O=S(CC12CC3CC(CC(C3)C1)C2)c1c(F)c(F)c(SOO[O-])c(F)c1F. The lowest BCUT2D eigenvalue weighted by Gasteiger charge is -2.56. The fourth-order valence-electron chi connectivity index (χ4n) is 5.73. The van der Waals surface area contributed by atoms with Crippen LogP contribution in [0.15, 0.2) is 9.79 Å². The standard InChI is InChI=1S/C17H18F4O4S2/c18-11-13(20)16(14(21)12(19)15(11)26-25-24-22)27(23)7-17-4-8-1-9(5-17)3-10(2-8)6-17/h8-10,22H,1-7H2/p-1. The van der Waals surface area contributed by atoms with Gasteiger partial charge in [0.15, 0.2) is 23.3 Å². The minimum atomic E-state index is -2.23. The molecule has 0 heterocycles. The minimum absolute atomic E-state index is 0.00409. The van der Waals surface area contributed by atoms with Crippen LogP contribution in [-0.4, -0.2) is 9.96 Å². The lowest BCUT2D eigenvalue weighted by molar-refractivity contribution is -0.777. The summed E-state index contributed by atoms with van der Waals surface area (Å²) in [7, 11) is -2.23. The molecule has 5 rings (SSSR count). The topological polar surface area (TPSA) is 58.6 Å². The summed E-state index contributed by atoms with van der Waals surface area (Å²) in [4.78, 5) is -2.29. The highest BCUT2D eigenvalue weighted by Crippen LogP contribution is 2.60. The third-order valence-electron chi connectivity index (χ3n) is 6.16. The van der Waals surface area contributed by atoms with Crippen LogP contribution < -0.4 is 5.26 Å². The molecule has 0 saturated heterocycles. The lowest BCUT2D eigenvalue weighted by atomic mass is 9.50. The Morgan fingerprint density at radius 2 is 1.44 bits per heavy atom. The smallest absolute Gasteiger partial charge is 0.179 e. The summed E-state index contributed by atoms with van der Waals surface area (Å²) in [5, 5.41) is 12.7. The molecule has 1 aromatic rings. The third-order valence-corrected chi connectivity index (χ3v) is 8.49. The molecule has 10 heteroatoms. The van der Waals surface area contributed by atoms with Gasteiger partial charge in [-0.1, -0.05) is 0 Å². The zero-order valence-corrected chi connectivity index (χ0v) is 15.8. The number of hydrogen-bond donors (Lipinski definition) is 0. The Labute approximate surface area is 160 Å². The molecule has 1 atom stereocenters. The van der Waals surface area contributed by atoms with Crippen molar-refractivity contribution in [1.29, 1.82) is 0 Å². The molecule has 150 valence electrons. The molecule has 0 aliphatic heterocycles. The van der Waals surface area contributed by atoms with Gasteiger partial charge >= 0.3 is 0 Å². The van der Waals surface area contributed by atoms with Gasteiger partial charge in [0.1, 0.15) is 9.79 Å². The number of rotatable bonds is 6. The number of halogens is 4. The van der Waals surface area contributed by atoms with E-state index in [1.54, 1.807) is 0 Å². The zero-order valence-electron chi connectivity index (χ0n) is 14.1. The molecule has 4 nitrogen and oxygen atoms in total. The average Bonchev–Trinajstić information content (AvgIpc) is 2.58. The van der Waals surface area contributed by atoms with Crippen molar-refractivity contribution in [2.24, 2.45) is 23.2 Å². The van der Waals surface area contributed by atoms with Gasteiger partial charge in [0.05, 0.1) is 22.8 Å². The van der Waals surface area contributed by atoms with E-state index in [1.807, 2.05) is 0 Å². The summed E-state index contributed by atoms with van der Waals surface area (Å²) in [6.45, 7) is 0. The summed E-state index contributed by atoms with van der Waals surface area (Å²) < 4.78 is 73.5. The second kappa shape index (κ2) is 7.29. The molecule has 0 N–H and O–H groups in total. The Bertz CT molecular complexity index is 724. The largest absolute Gasteiger partial charge is 0.691 e. The Balaban J connectivity index is 1.63. The fourth-order valence-corrected chi connectivity index (χ4v) is 7.78. The van der Waals surface area contributed by atoms with Gasteiger partial charge in [0.25, 0.3) is 0 Å². The van der Waals surface area contributed by atoms with Crippen LogP contribution in [0, 0.1) is 46.4 Å². The molecule has 0 spiro atoms. The van der Waals surface area contributed by atoms with Crippen LogP contribution in [0.2, 0.25) is 0 Å². The Morgan fingerprint density at radius 3 is 1.89 bits per heavy atom. The first-order chi connectivity index (χ1) is 12.8. The van der Waals surface area contributed by atoms with Gasteiger partial charge in [-0.15, -0.1) is 0 Å². The fraction of sp³-hybridized carbons (Fsp3) is 0.647. The predicted octanol–water partition coefficient (Wildman–Crippen LogP) is 3.80. The molecule has 4 fully saturated rings. The van der Waals surface area contributed by atoms with E-state index in [-0.39, 0.29) is 23.2 Å². The Hall–Kier alpha value is -0.680. The number of benzene rings is 1. The molecule has 1 unspecified atom stereocenters. The quantitative estimate of drug-likeness (QED) is 0.228. The predicted molar refractivity (Wildman–Crippen MR) is 86.2 cm³/mol. The highest BCUT2D eigenvalue weighted by molar-refractivity contribution is 7.94. The van der Waals surface area contributed by atoms with Crippen molar-refractivity contribution in [2.45, 2.75) is 48.3 Å². The average molecular weight is 425 g/mol. The molecule has 0 amide bonds. The van der Waals surface area contributed by atoms with Crippen molar-refractivity contribution in [3.05, 3.63) is 23.3 Å². The maximum Gasteiger partial charge on any atom is 0.179 e. The summed E-state index contributed by atoms with van der Waals surface area (Å²) >= 11 is -0.286. The highest BCUT2D eigenvalue weighted by atomic mass is 32.2. The van der Waals surface area contributed by atoms with Crippen LogP contribution >= 0.6 is 12.0 Å². The van der Waals surface area contributed by atoms with Crippen molar-refractivity contribution in [2.75, 3.05) is 5.75 Å². The molecular formula is C17H17F4O4S2-. The van der Waals surface area contributed by atoms with E-state index in [9.17, 15) is 27.0 Å². The second-order valence-corrected chi connectivity index (χ2v) is 10.1. The first-order valence-corrected chi connectivity index (χ1v) is 10.8. The van der Waals surface area contributed by atoms with Gasteiger partial charge < -0.3 is 5.26 Å². The highest BCUT2D eigenvalue weighted by Gasteiger charge is 2.51.